The molecule has 2 N–H and O–H groups in total. The van der Waals surface area contributed by atoms with Crippen LogP contribution in [0.1, 0.15) is 24.5 Å². The predicted molar refractivity (Wildman–Crippen MR) is 57.9 cm³/mol. The summed E-state index contributed by atoms with van der Waals surface area (Å²) in [6, 6.07) is 0. The van der Waals surface area contributed by atoms with Crippen LogP contribution in [0.3, 0.4) is 0 Å². The molecule has 0 unspecified atom stereocenters. The van der Waals surface area contributed by atoms with E-state index in [-0.39, 0.29) is 5.75 Å². The minimum atomic E-state index is -3.00. The highest BCUT2D eigenvalue weighted by molar-refractivity contribution is 7.90. The van der Waals surface area contributed by atoms with Gasteiger partial charge in [0.15, 0.2) is 9.84 Å². The van der Waals surface area contributed by atoms with Crippen molar-refractivity contribution in [2.75, 3.05) is 6.26 Å². The fraction of sp³-hybridized carbons (Fsp3) is 0.625. The molecule has 1 heterocycles. The lowest BCUT2D eigenvalue weighted by atomic mass is 10.0. The standard InChI is InChI=1S/C8H14N2O2S2/c1-8(2,9)6-4-13-7(10-6)5-14(3,11)12/h4H,5,9H2,1-3H3. The summed E-state index contributed by atoms with van der Waals surface area (Å²) in [7, 11) is -3.00. The number of hydrogen-bond acceptors (Lipinski definition) is 5. The van der Waals surface area contributed by atoms with E-state index in [1.165, 1.54) is 17.6 Å². The van der Waals surface area contributed by atoms with E-state index in [0.29, 0.717) is 5.01 Å². The maximum atomic E-state index is 11.0. The van der Waals surface area contributed by atoms with Gasteiger partial charge in [-0.05, 0) is 13.8 Å². The van der Waals surface area contributed by atoms with Crippen molar-refractivity contribution in [3.05, 3.63) is 16.1 Å². The predicted octanol–water partition coefficient (Wildman–Crippen LogP) is 0.882. The van der Waals surface area contributed by atoms with Gasteiger partial charge in [-0.1, -0.05) is 0 Å². The summed E-state index contributed by atoms with van der Waals surface area (Å²) in [5.41, 5.74) is 6.06. The van der Waals surface area contributed by atoms with Crippen molar-refractivity contribution < 1.29 is 8.42 Å². The molecule has 14 heavy (non-hydrogen) atoms. The third-order valence-corrected chi connectivity index (χ3v) is 3.43. The first-order valence-corrected chi connectivity index (χ1v) is 7.04. The van der Waals surface area contributed by atoms with E-state index in [9.17, 15) is 8.42 Å². The van der Waals surface area contributed by atoms with Crippen LogP contribution < -0.4 is 5.73 Å². The van der Waals surface area contributed by atoms with Gasteiger partial charge in [0.2, 0.25) is 0 Å². The molecule has 0 bridgehead atoms. The third-order valence-electron chi connectivity index (χ3n) is 1.60. The molecule has 1 aromatic heterocycles. The van der Waals surface area contributed by atoms with Gasteiger partial charge in [0.1, 0.15) is 10.8 Å². The highest BCUT2D eigenvalue weighted by Gasteiger charge is 2.18. The van der Waals surface area contributed by atoms with Crippen LogP contribution in [0.15, 0.2) is 5.38 Å². The summed E-state index contributed by atoms with van der Waals surface area (Å²) >= 11 is 1.33. The van der Waals surface area contributed by atoms with Crippen LogP contribution in [-0.4, -0.2) is 19.7 Å². The van der Waals surface area contributed by atoms with E-state index in [0.717, 1.165) is 5.69 Å². The fourth-order valence-electron chi connectivity index (χ4n) is 0.897. The van der Waals surface area contributed by atoms with Crippen molar-refractivity contribution in [1.82, 2.24) is 4.98 Å². The molecular weight excluding hydrogens is 220 g/mol. The molecule has 80 valence electrons. The van der Waals surface area contributed by atoms with Crippen LogP contribution in [0.25, 0.3) is 0 Å². The second kappa shape index (κ2) is 3.60. The molecule has 0 aliphatic rings. The van der Waals surface area contributed by atoms with Crippen molar-refractivity contribution in [2.24, 2.45) is 5.73 Å². The zero-order chi connectivity index (χ0) is 11.0. The van der Waals surface area contributed by atoms with Crippen molar-refractivity contribution >= 4 is 21.2 Å². The van der Waals surface area contributed by atoms with Gasteiger partial charge in [0.05, 0.1) is 11.2 Å². The van der Waals surface area contributed by atoms with Crippen LogP contribution in [0.2, 0.25) is 0 Å². The minimum absolute atomic E-state index is 0.00620. The van der Waals surface area contributed by atoms with Crippen LogP contribution >= 0.6 is 11.3 Å². The molecule has 1 aromatic rings. The molecule has 4 nitrogen and oxygen atoms in total. The number of nitrogens with zero attached hydrogens (tertiary/aromatic N) is 1. The van der Waals surface area contributed by atoms with Gasteiger partial charge >= 0.3 is 0 Å². The summed E-state index contributed by atoms with van der Waals surface area (Å²) in [5.74, 6) is -0.00620. The Morgan fingerprint density at radius 3 is 2.50 bits per heavy atom. The summed E-state index contributed by atoms with van der Waals surface area (Å²) in [4.78, 5) is 4.18. The molecule has 1 rings (SSSR count). The zero-order valence-corrected chi connectivity index (χ0v) is 10.1. The maximum Gasteiger partial charge on any atom is 0.153 e. The van der Waals surface area contributed by atoms with Crippen LogP contribution in [0, 0.1) is 0 Å². The Morgan fingerprint density at radius 2 is 2.14 bits per heavy atom. The van der Waals surface area contributed by atoms with Gasteiger partial charge in [-0.2, -0.15) is 0 Å². The Morgan fingerprint density at radius 1 is 1.57 bits per heavy atom. The largest absolute Gasteiger partial charge is 0.321 e. The molecule has 0 spiro atoms. The summed E-state index contributed by atoms with van der Waals surface area (Å²) in [6.07, 6.45) is 1.20. The second-order valence-electron chi connectivity index (χ2n) is 3.92. The first-order chi connectivity index (χ1) is 6.18. The van der Waals surface area contributed by atoms with E-state index in [1.54, 1.807) is 5.38 Å². The normalized spacial score (nSPS) is 13.1. The summed E-state index contributed by atoms with van der Waals surface area (Å²) in [6.45, 7) is 3.68. The Balaban J connectivity index is 2.90. The van der Waals surface area contributed by atoms with Crippen molar-refractivity contribution in [1.29, 1.82) is 0 Å². The Hall–Kier alpha value is -0.460. The van der Waals surface area contributed by atoms with Crippen LogP contribution in [0.5, 0.6) is 0 Å². The number of thiazole rings is 1. The Kier molecular flexibility index (Phi) is 2.99. The van der Waals surface area contributed by atoms with E-state index < -0.39 is 15.4 Å². The molecule has 0 saturated carbocycles. The number of hydrogen-bond donors (Lipinski definition) is 1. The lowest BCUT2D eigenvalue weighted by Gasteiger charge is -2.14. The Labute approximate surface area is 88.1 Å². The number of aromatic nitrogens is 1. The van der Waals surface area contributed by atoms with Gasteiger partial charge < -0.3 is 5.73 Å². The molecule has 6 heteroatoms. The van der Waals surface area contributed by atoms with Crippen LogP contribution in [0.4, 0.5) is 0 Å². The summed E-state index contributed by atoms with van der Waals surface area (Å²) < 4.78 is 22.0. The molecule has 0 amide bonds. The van der Waals surface area contributed by atoms with Gasteiger partial charge in [-0.25, -0.2) is 13.4 Å². The monoisotopic (exact) mass is 234 g/mol. The van der Waals surface area contributed by atoms with Gasteiger partial charge in [-0.3, -0.25) is 0 Å². The lowest BCUT2D eigenvalue weighted by Crippen LogP contribution is -2.29. The van der Waals surface area contributed by atoms with E-state index >= 15 is 0 Å². The molecule has 0 fully saturated rings. The molecule has 0 atom stereocenters. The molecule has 0 saturated heterocycles. The van der Waals surface area contributed by atoms with Gasteiger partial charge in [-0.15, -0.1) is 11.3 Å². The highest BCUT2D eigenvalue weighted by Crippen LogP contribution is 2.20. The van der Waals surface area contributed by atoms with Crippen LogP contribution in [-0.2, 0) is 21.1 Å². The molecule has 0 aromatic carbocycles. The van der Waals surface area contributed by atoms with Crippen molar-refractivity contribution in [3.63, 3.8) is 0 Å². The summed E-state index contributed by atoms with van der Waals surface area (Å²) in [5, 5.41) is 2.40. The fourth-order valence-corrected chi connectivity index (χ4v) is 3.08. The number of sulfone groups is 1. The average Bonchev–Trinajstić information content (AvgIpc) is 2.29. The molecule has 0 aliphatic carbocycles. The van der Waals surface area contributed by atoms with E-state index in [1.807, 2.05) is 13.8 Å². The first-order valence-electron chi connectivity index (χ1n) is 4.10. The molecular formula is C8H14N2O2S2. The third kappa shape index (κ3) is 3.36. The van der Waals surface area contributed by atoms with E-state index in [4.69, 9.17) is 5.73 Å². The zero-order valence-electron chi connectivity index (χ0n) is 8.44. The second-order valence-corrected chi connectivity index (χ2v) is 7.00. The molecule has 0 aliphatic heterocycles. The van der Waals surface area contributed by atoms with Gasteiger partial charge in [0.25, 0.3) is 0 Å². The number of nitrogens with two attached hydrogens (primary N) is 1. The smallest absolute Gasteiger partial charge is 0.153 e. The number of rotatable bonds is 3. The average molecular weight is 234 g/mol. The SMILES string of the molecule is CC(C)(N)c1csc(CS(C)(=O)=O)n1. The van der Waals surface area contributed by atoms with E-state index in [2.05, 4.69) is 4.98 Å². The lowest BCUT2D eigenvalue weighted by molar-refractivity contribution is 0.537. The highest BCUT2D eigenvalue weighted by atomic mass is 32.2. The van der Waals surface area contributed by atoms with Gasteiger partial charge in [0, 0.05) is 11.6 Å². The topological polar surface area (TPSA) is 73.1 Å². The minimum Gasteiger partial charge on any atom is -0.321 e. The maximum absolute atomic E-state index is 11.0. The quantitative estimate of drug-likeness (QED) is 0.842. The molecule has 0 radical (unpaired) electrons. The first kappa shape index (κ1) is 11.6. The Bertz CT molecular complexity index is 415. The van der Waals surface area contributed by atoms with Crippen molar-refractivity contribution in [2.45, 2.75) is 25.1 Å². The van der Waals surface area contributed by atoms with Crippen molar-refractivity contribution in [3.8, 4) is 0 Å².